The molecule has 0 fully saturated rings. The first-order chi connectivity index (χ1) is 9.31. The SMILES string of the molecule is CC(C)(C)OC(=O)NCC=Cc1ccc(O)c(C#N)c1. The highest BCUT2D eigenvalue weighted by Crippen LogP contribution is 2.17. The summed E-state index contributed by atoms with van der Waals surface area (Å²) in [6.45, 7) is 5.70. The maximum Gasteiger partial charge on any atom is 0.407 e. The minimum atomic E-state index is -0.521. The van der Waals surface area contributed by atoms with E-state index in [9.17, 15) is 9.90 Å². The van der Waals surface area contributed by atoms with Crippen LogP contribution in [0.15, 0.2) is 24.3 Å². The van der Waals surface area contributed by atoms with E-state index in [0.29, 0.717) is 6.54 Å². The molecule has 0 aromatic heterocycles. The summed E-state index contributed by atoms with van der Waals surface area (Å²) in [7, 11) is 0. The molecule has 1 amide bonds. The Labute approximate surface area is 118 Å². The average molecular weight is 274 g/mol. The number of alkyl carbamates (subject to hydrolysis) is 1. The zero-order valence-electron chi connectivity index (χ0n) is 11.8. The van der Waals surface area contributed by atoms with Crippen LogP contribution in [0.2, 0.25) is 0 Å². The minimum Gasteiger partial charge on any atom is -0.507 e. The Bertz CT molecular complexity index is 551. The quantitative estimate of drug-likeness (QED) is 0.887. The largest absolute Gasteiger partial charge is 0.507 e. The average Bonchev–Trinajstić information content (AvgIpc) is 2.34. The van der Waals surface area contributed by atoms with Crippen molar-refractivity contribution < 1.29 is 14.6 Å². The van der Waals surface area contributed by atoms with Crippen molar-refractivity contribution in [2.45, 2.75) is 26.4 Å². The number of hydrogen-bond donors (Lipinski definition) is 2. The fraction of sp³-hybridized carbons (Fsp3) is 0.333. The van der Waals surface area contributed by atoms with Crippen LogP contribution in [0, 0.1) is 11.3 Å². The first-order valence-electron chi connectivity index (χ1n) is 6.18. The molecule has 0 radical (unpaired) electrons. The van der Waals surface area contributed by atoms with Crippen molar-refractivity contribution in [3.8, 4) is 11.8 Å². The number of amides is 1. The van der Waals surface area contributed by atoms with Crippen molar-refractivity contribution in [3.05, 3.63) is 35.4 Å². The third-order valence-corrected chi connectivity index (χ3v) is 2.21. The predicted octanol–water partition coefficient (Wildman–Crippen LogP) is 2.80. The zero-order chi connectivity index (χ0) is 15.2. The van der Waals surface area contributed by atoms with Gasteiger partial charge in [-0.3, -0.25) is 0 Å². The normalized spacial score (nSPS) is 11.1. The lowest BCUT2D eigenvalue weighted by Gasteiger charge is -2.19. The van der Waals surface area contributed by atoms with Crippen molar-refractivity contribution in [2.24, 2.45) is 0 Å². The first kappa shape index (κ1) is 15.6. The van der Waals surface area contributed by atoms with Crippen molar-refractivity contribution in [1.29, 1.82) is 5.26 Å². The molecule has 5 heteroatoms. The van der Waals surface area contributed by atoms with Gasteiger partial charge in [-0.05, 0) is 38.5 Å². The molecule has 1 aromatic rings. The van der Waals surface area contributed by atoms with Gasteiger partial charge in [0.25, 0.3) is 0 Å². The van der Waals surface area contributed by atoms with Gasteiger partial charge in [-0.2, -0.15) is 5.26 Å². The number of carbonyl (C=O) groups is 1. The van der Waals surface area contributed by atoms with Gasteiger partial charge in [-0.1, -0.05) is 18.2 Å². The second kappa shape index (κ2) is 6.62. The Morgan fingerprint density at radius 3 is 2.80 bits per heavy atom. The maximum absolute atomic E-state index is 11.4. The molecule has 0 aliphatic rings. The van der Waals surface area contributed by atoms with Crippen LogP contribution in [0.5, 0.6) is 5.75 Å². The number of ether oxygens (including phenoxy) is 1. The molecule has 2 N–H and O–H groups in total. The number of phenols is 1. The fourth-order valence-electron chi connectivity index (χ4n) is 1.40. The third kappa shape index (κ3) is 5.44. The first-order valence-corrected chi connectivity index (χ1v) is 6.18. The van der Waals surface area contributed by atoms with Crippen LogP contribution in [-0.2, 0) is 4.74 Å². The minimum absolute atomic E-state index is 0.0449. The summed E-state index contributed by atoms with van der Waals surface area (Å²) in [4.78, 5) is 11.4. The van der Waals surface area contributed by atoms with E-state index in [1.165, 1.54) is 6.07 Å². The Kier molecular flexibility index (Phi) is 5.15. The van der Waals surface area contributed by atoms with E-state index in [1.54, 1.807) is 45.1 Å². The van der Waals surface area contributed by atoms with Gasteiger partial charge < -0.3 is 15.2 Å². The van der Waals surface area contributed by atoms with E-state index in [4.69, 9.17) is 10.00 Å². The summed E-state index contributed by atoms with van der Waals surface area (Å²) in [6.07, 6.45) is 3.00. The molecular weight excluding hydrogens is 256 g/mol. The summed E-state index contributed by atoms with van der Waals surface area (Å²) in [5.41, 5.74) is 0.463. The lowest BCUT2D eigenvalue weighted by atomic mass is 10.1. The van der Waals surface area contributed by atoms with E-state index in [0.717, 1.165) is 5.56 Å². The Hall–Kier alpha value is -2.48. The zero-order valence-corrected chi connectivity index (χ0v) is 11.8. The van der Waals surface area contributed by atoms with Crippen LogP contribution in [0.1, 0.15) is 31.9 Å². The molecule has 0 aliphatic heterocycles. The highest BCUT2D eigenvalue weighted by molar-refractivity contribution is 5.68. The summed E-state index contributed by atoms with van der Waals surface area (Å²) in [6, 6.07) is 6.60. The summed E-state index contributed by atoms with van der Waals surface area (Å²) in [5.74, 6) is -0.0449. The van der Waals surface area contributed by atoms with Crippen LogP contribution in [0.4, 0.5) is 4.79 Å². The molecule has 0 unspecified atom stereocenters. The van der Waals surface area contributed by atoms with E-state index in [1.807, 2.05) is 6.07 Å². The van der Waals surface area contributed by atoms with E-state index in [2.05, 4.69) is 5.32 Å². The van der Waals surface area contributed by atoms with E-state index in [-0.39, 0.29) is 11.3 Å². The number of nitrogens with one attached hydrogen (secondary N) is 1. The number of nitrogens with zero attached hydrogens (tertiary/aromatic N) is 1. The number of rotatable bonds is 3. The Morgan fingerprint density at radius 2 is 2.20 bits per heavy atom. The highest BCUT2D eigenvalue weighted by atomic mass is 16.6. The van der Waals surface area contributed by atoms with Crippen LogP contribution in [0.25, 0.3) is 6.08 Å². The van der Waals surface area contributed by atoms with E-state index >= 15 is 0 Å². The van der Waals surface area contributed by atoms with Gasteiger partial charge in [0.2, 0.25) is 0 Å². The Morgan fingerprint density at radius 1 is 1.50 bits per heavy atom. The van der Waals surface area contributed by atoms with Crippen LogP contribution >= 0.6 is 0 Å². The van der Waals surface area contributed by atoms with Gasteiger partial charge in [0.05, 0.1) is 5.56 Å². The van der Waals surface area contributed by atoms with Crippen molar-refractivity contribution in [1.82, 2.24) is 5.32 Å². The molecule has 1 rings (SSSR count). The molecule has 0 saturated carbocycles. The highest BCUT2D eigenvalue weighted by Gasteiger charge is 2.14. The van der Waals surface area contributed by atoms with Crippen LogP contribution in [-0.4, -0.2) is 23.3 Å². The molecule has 5 nitrogen and oxygen atoms in total. The number of phenolic OH excluding ortho intramolecular Hbond substituents is 1. The molecule has 0 atom stereocenters. The van der Waals surface area contributed by atoms with Gasteiger partial charge in [0, 0.05) is 6.54 Å². The molecule has 0 bridgehead atoms. The van der Waals surface area contributed by atoms with Gasteiger partial charge >= 0.3 is 6.09 Å². The number of nitriles is 1. The second-order valence-electron chi connectivity index (χ2n) is 5.17. The fourth-order valence-corrected chi connectivity index (χ4v) is 1.40. The molecule has 0 aliphatic carbocycles. The van der Waals surface area contributed by atoms with E-state index < -0.39 is 11.7 Å². The lowest BCUT2D eigenvalue weighted by Crippen LogP contribution is -2.32. The molecule has 20 heavy (non-hydrogen) atoms. The second-order valence-corrected chi connectivity index (χ2v) is 5.17. The van der Waals surface area contributed by atoms with Gasteiger partial charge in [-0.25, -0.2) is 4.79 Å². The smallest absolute Gasteiger partial charge is 0.407 e. The molecular formula is C15H18N2O3. The lowest BCUT2D eigenvalue weighted by molar-refractivity contribution is 0.0534. The van der Waals surface area contributed by atoms with Crippen molar-refractivity contribution in [2.75, 3.05) is 6.54 Å². The molecule has 106 valence electrons. The summed E-state index contributed by atoms with van der Waals surface area (Å²) in [5, 5.41) is 20.7. The summed E-state index contributed by atoms with van der Waals surface area (Å²) >= 11 is 0. The molecule has 0 heterocycles. The van der Waals surface area contributed by atoms with Gasteiger partial charge in [-0.15, -0.1) is 0 Å². The summed E-state index contributed by atoms with van der Waals surface area (Å²) < 4.78 is 5.08. The number of hydrogen-bond acceptors (Lipinski definition) is 4. The predicted molar refractivity (Wildman–Crippen MR) is 76.1 cm³/mol. The topological polar surface area (TPSA) is 82.3 Å². The maximum atomic E-state index is 11.4. The monoisotopic (exact) mass is 274 g/mol. The molecule has 0 saturated heterocycles. The Balaban J connectivity index is 2.50. The molecule has 0 spiro atoms. The number of aromatic hydroxyl groups is 1. The van der Waals surface area contributed by atoms with Gasteiger partial charge in [0.1, 0.15) is 17.4 Å². The van der Waals surface area contributed by atoms with Crippen molar-refractivity contribution in [3.63, 3.8) is 0 Å². The van der Waals surface area contributed by atoms with Crippen LogP contribution in [0.3, 0.4) is 0 Å². The standard InChI is InChI=1S/C15H18N2O3/c1-15(2,3)20-14(19)17-8-4-5-11-6-7-13(18)12(9-11)10-16/h4-7,9,18H,8H2,1-3H3,(H,17,19). The number of benzene rings is 1. The third-order valence-electron chi connectivity index (χ3n) is 2.21. The van der Waals surface area contributed by atoms with Crippen LogP contribution < -0.4 is 5.32 Å². The molecule has 1 aromatic carbocycles. The number of carbonyl (C=O) groups excluding carboxylic acids is 1. The van der Waals surface area contributed by atoms with Crippen molar-refractivity contribution >= 4 is 12.2 Å². The van der Waals surface area contributed by atoms with Gasteiger partial charge in [0.15, 0.2) is 0 Å².